The predicted octanol–water partition coefficient (Wildman–Crippen LogP) is -0.352. The number of aliphatic imine (C=N–C) groups is 1. The highest BCUT2D eigenvalue weighted by Gasteiger charge is 2.10. The molecule has 0 aromatic rings. The minimum atomic E-state index is -0.547. The number of nitrogens with one attached hydrogen (secondary N) is 1. The van der Waals surface area contributed by atoms with E-state index < -0.39 is 11.9 Å². The highest BCUT2D eigenvalue weighted by Crippen LogP contribution is 1.95. The summed E-state index contributed by atoms with van der Waals surface area (Å²) in [6, 6.07) is -0.547. The first-order chi connectivity index (χ1) is 5.11. The van der Waals surface area contributed by atoms with Crippen LogP contribution in [-0.4, -0.2) is 23.0 Å². The molecule has 11 heavy (non-hydrogen) atoms. The molecular formula is C6H13N3O2. The second kappa shape index (κ2) is 4.68. The number of hydrogen-bond acceptors (Lipinski definition) is 3. The number of rotatable bonds is 3. The maximum atomic E-state index is 10.6. The number of primary amides is 1. The number of nitrogens with zero attached hydrogens (tertiary/aromatic N) is 1. The zero-order chi connectivity index (χ0) is 8.85. The number of carbonyl (C=O) groups excluding carboxylic acids is 1. The summed E-state index contributed by atoms with van der Waals surface area (Å²) < 4.78 is 0. The van der Waals surface area contributed by atoms with E-state index in [2.05, 4.69) is 4.99 Å². The Bertz CT molecular complexity index is 167. The molecule has 5 heteroatoms. The summed E-state index contributed by atoms with van der Waals surface area (Å²) in [5.74, 6) is -0.197. The summed E-state index contributed by atoms with van der Waals surface area (Å²) >= 11 is 0. The average Bonchev–Trinajstić information content (AvgIpc) is 1.99. The molecule has 0 aromatic carbocycles. The Morgan fingerprint density at radius 1 is 1.82 bits per heavy atom. The van der Waals surface area contributed by atoms with Gasteiger partial charge in [-0.2, -0.15) is 0 Å². The Morgan fingerprint density at radius 2 is 2.36 bits per heavy atom. The molecule has 0 bridgehead atoms. The molecule has 5 nitrogen and oxygen atoms in total. The van der Waals surface area contributed by atoms with Crippen LogP contribution in [0.5, 0.6) is 0 Å². The van der Waals surface area contributed by atoms with Gasteiger partial charge in [-0.3, -0.25) is 20.5 Å². The van der Waals surface area contributed by atoms with Crippen molar-refractivity contribution in [3.63, 3.8) is 0 Å². The Balaban J connectivity index is 4.17. The molecule has 0 saturated heterocycles. The van der Waals surface area contributed by atoms with Crippen molar-refractivity contribution >= 4 is 11.7 Å². The van der Waals surface area contributed by atoms with Crippen LogP contribution in [0, 0.1) is 0 Å². The number of hydrogen-bond donors (Lipinski definition) is 3. The zero-order valence-corrected chi connectivity index (χ0v) is 6.66. The van der Waals surface area contributed by atoms with Gasteiger partial charge < -0.3 is 5.73 Å². The normalized spacial score (nSPS) is 14.3. The van der Waals surface area contributed by atoms with Crippen molar-refractivity contribution in [1.29, 1.82) is 0 Å². The fourth-order valence-electron chi connectivity index (χ4n) is 0.619. The van der Waals surface area contributed by atoms with Crippen LogP contribution >= 0.6 is 0 Å². The van der Waals surface area contributed by atoms with E-state index in [0.717, 1.165) is 0 Å². The molecule has 0 rings (SSSR count). The molecule has 0 aliphatic carbocycles. The van der Waals surface area contributed by atoms with Crippen molar-refractivity contribution in [2.24, 2.45) is 10.7 Å². The molecular weight excluding hydrogens is 146 g/mol. The molecule has 0 radical (unpaired) electrons. The second-order valence-electron chi connectivity index (χ2n) is 2.15. The summed E-state index contributed by atoms with van der Waals surface area (Å²) in [6.07, 6.45) is 0.536. The maximum absolute atomic E-state index is 10.6. The van der Waals surface area contributed by atoms with Gasteiger partial charge in [-0.15, -0.1) is 0 Å². The first kappa shape index (κ1) is 9.90. The lowest BCUT2D eigenvalue weighted by Crippen LogP contribution is -2.29. The molecule has 0 heterocycles. The molecule has 0 saturated carbocycles. The van der Waals surface area contributed by atoms with Gasteiger partial charge in [-0.25, -0.2) is 0 Å². The number of amides is 1. The van der Waals surface area contributed by atoms with Crippen molar-refractivity contribution in [3.05, 3.63) is 0 Å². The molecule has 1 amide bonds. The molecule has 0 spiro atoms. The summed E-state index contributed by atoms with van der Waals surface area (Å²) in [7, 11) is 0. The van der Waals surface area contributed by atoms with Crippen molar-refractivity contribution in [3.8, 4) is 0 Å². The van der Waals surface area contributed by atoms with Crippen LogP contribution in [0.4, 0.5) is 0 Å². The van der Waals surface area contributed by atoms with Crippen LogP contribution in [0.3, 0.4) is 0 Å². The molecule has 4 N–H and O–H groups in total. The summed E-state index contributed by atoms with van der Waals surface area (Å²) in [5, 5.41) is 8.33. The van der Waals surface area contributed by atoms with Gasteiger partial charge >= 0.3 is 0 Å². The summed E-state index contributed by atoms with van der Waals surface area (Å²) in [5.41, 5.74) is 6.82. The molecule has 0 aromatic heterocycles. The molecule has 0 aliphatic heterocycles. The smallest absolute Gasteiger partial charge is 0.242 e. The lowest BCUT2D eigenvalue weighted by atomic mass is 10.2. The fraction of sp³-hybridized carbons (Fsp3) is 0.667. The van der Waals surface area contributed by atoms with Crippen LogP contribution in [0.25, 0.3) is 0 Å². The van der Waals surface area contributed by atoms with Gasteiger partial charge in [0, 0.05) is 0 Å². The second-order valence-corrected chi connectivity index (χ2v) is 2.15. The van der Waals surface area contributed by atoms with E-state index in [1.54, 1.807) is 13.8 Å². The van der Waals surface area contributed by atoms with E-state index in [0.29, 0.717) is 6.42 Å². The van der Waals surface area contributed by atoms with Gasteiger partial charge in [0.1, 0.15) is 11.9 Å². The number of nitrogens with two attached hydrogens (primary N) is 1. The van der Waals surface area contributed by atoms with Crippen LogP contribution < -0.4 is 11.2 Å². The summed E-state index contributed by atoms with van der Waals surface area (Å²) in [6.45, 7) is 3.34. The van der Waals surface area contributed by atoms with Gasteiger partial charge in [-0.1, -0.05) is 6.92 Å². The Kier molecular flexibility index (Phi) is 4.21. The molecule has 0 fully saturated rings. The van der Waals surface area contributed by atoms with Gasteiger partial charge in [0.15, 0.2) is 0 Å². The van der Waals surface area contributed by atoms with Crippen molar-refractivity contribution in [2.75, 3.05) is 0 Å². The van der Waals surface area contributed by atoms with E-state index in [1.807, 2.05) is 5.48 Å². The van der Waals surface area contributed by atoms with Gasteiger partial charge in [0.05, 0.1) is 0 Å². The van der Waals surface area contributed by atoms with Crippen LogP contribution in [-0.2, 0) is 4.79 Å². The highest BCUT2D eigenvalue weighted by atomic mass is 16.5. The van der Waals surface area contributed by atoms with Crippen LogP contribution in [0.1, 0.15) is 20.3 Å². The SMILES string of the molecule is CCC(N=C(C)NO)C(N)=O. The minimum Gasteiger partial charge on any atom is -0.368 e. The van der Waals surface area contributed by atoms with E-state index in [9.17, 15) is 4.79 Å². The third kappa shape index (κ3) is 3.57. The van der Waals surface area contributed by atoms with E-state index in [-0.39, 0.29) is 5.84 Å². The number of hydroxylamine groups is 1. The lowest BCUT2D eigenvalue weighted by molar-refractivity contribution is -0.119. The average molecular weight is 159 g/mol. The third-order valence-corrected chi connectivity index (χ3v) is 1.23. The zero-order valence-electron chi connectivity index (χ0n) is 6.66. The first-order valence-corrected chi connectivity index (χ1v) is 3.35. The first-order valence-electron chi connectivity index (χ1n) is 3.35. The fourth-order valence-corrected chi connectivity index (χ4v) is 0.619. The van der Waals surface area contributed by atoms with E-state index >= 15 is 0 Å². The van der Waals surface area contributed by atoms with Gasteiger partial charge in [0.2, 0.25) is 5.91 Å². The van der Waals surface area contributed by atoms with Crippen LogP contribution in [0.15, 0.2) is 4.99 Å². The monoisotopic (exact) mass is 159 g/mol. The molecule has 1 unspecified atom stereocenters. The lowest BCUT2D eigenvalue weighted by Gasteiger charge is -2.05. The van der Waals surface area contributed by atoms with E-state index in [4.69, 9.17) is 10.9 Å². The van der Waals surface area contributed by atoms with Crippen molar-refractivity contribution in [1.82, 2.24) is 5.48 Å². The molecule has 1 atom stereocenters. The largest absolute Gasteiger partial charge is 0.368 e. The van der Waals surface area contributed by atoms with Crippen molar-refractivity contribution < 1.29 is 10.0 Å². The Morgan fingerprint density at radius 3 is 2.64 bits per heavy atom. The molecule has 64 valence electrons. The number of amidine groups is 1. The Labute approximate surface area is 65.3 Å². The van der Waals surface area contributed by atoms with Crippen molar-refractivity contribution in [2.45, 2.75) is 26.3 Å². The Hall–Kier alpha value is -1.10. The minimum absolute atomic E-state index is 0.288. The maximum Gasteiger partial charge on any atom is 0.242 e. The number of carbonyl (C=O) groups is 1. The standard InChI is InChI=1S/C6H13N3O2/c1-3-5(6(7)10)8-4(2)9-11/h5,11H,3H2,1-2H3,(H2,7,10)(H,8,9). The third-order valence-electron chi connectivity index (χ3n) is 1.23. The van der Waals surface area contributed by atoms with Gasteiger partial charge in [0.25, 0.3) is 0 Å². The van der Waals surface area contributed by atoms with Gasteiger partial charge in [-0.05, 0) is 13.3 Å². The molecule has 0 aliphatic rings. The topological polar surface area (TPSA) is 87.7 Å². The van der Waals surface area contributed by atoms with E-state index in [1.165, 1.54) is 0 Å². The quantitative estimate of drug-likeness (QED) is 0.299. The highest BCUT2D eigenvalue weighted by molar-refractivity contribution is 5.85. The predicted molar refractivity (Wildman–Crippen MR) is 41.3 cm³/mol. The summed E-state index contributed by atoms with van der Waals surface area (Å²) in [4.78, 5) is 14.4. The van der Waals surface area contributed by atoms with Crippen LogP contribution in [0.2, 0.25) is 0 Å².